The minimum absolute atomic E-state index is 0.0479. The van der Waals surface area contributed by atoms with Crippen molar-refractivity contribution in [3.05, 3.63) is 90.0 Å². The summed E-state index contributed by atoms with van der Waals surface area (Å²) in [5, 5.41) is 2.56. The van der Waals surface area contributed by atoms with E-state index in [-0.39, 0.29) is 11.1 Å². The Morgan fingerprint density at radius 1 is 0.800 bits per heavy atom. The van der Waals surface area contributed by atoms with Crippen molar-refractivity contribution >= 4 is 18.7 Å². The third kappa shape index (κ3) is 3.61. The Morgan fingerprint density at radius 3 is 1.93 bits per heavy atom. The first-order valence-electron chi connectivity index (χ1n) is 10.9. The molecule has 3 aromatic rings. The SMILES string of the molecule is COC1CCCc2c(O[Si](c3ccccc3)(c3ccccc3)C(C)(C)C)cccc21. The quantitative estimate of drug-likeness (QED) is 0.501. The number of fused-ring (bicyclic) bond motifs is 1. The Labute approximate surface area is 182 Å². The summed E-state index contributed by atoms with van der Waals surface area (Å²) in [6.07, 6.45) is 3.42. The molecule has 30 heavy (non-hydrogen) atoms. The first-order valence-corrected chi connectivity index (χ1v) is 12.8. The third-order valence-corrected chi connectivity index (χ3v) is 11.3. The van der Waals surface area contributed by atoms with Crippen LogP contribution in [0.4, 0.5) is 0 Å². The van der Waals surface area contributed by atoms with Gasteiger partial charge in [0.05, 0.1) is 6.10 Å². The summed E-state index contributed by atoms with van der Waals surface area (Å²) in [5.41, 5.74) is 2.61. The summed E-state index contributed by atoms with van der Waals surface area (Å²) in [7, 11) is -0.807. The van der Waals surface area contributed by atoms with Crippen LogP contribution in [-0.2, 0) is 11.2 Å². The van der Waals surface area contributed by atoms with Crippen LogP contribution in [-0.4, -0.2) is 15.4 Å². The van der Waals surface area contributed by atoms with Crippen molar-refractivity contribution in [2.45, 2.75) is 51.2 Å². The highest BCUT2D eigenvalue weighted by Gasteiger charge is 2.52. The van der Waals surface area contributed by atoms with Crippen LogP contribution in [0.1, 0.15) is 50.8 Å². The molecule has 0 aromatic heterocycles. The van der Waals surface area contributed by atoms with E-state index in [2.05, 4.69) is 99.6 Å². The summed E-state index contributed by atoms with van der Waals surface area (Å²) < 4.78 is 13.1. The highest BCUT2D eigenvalue weighted by Crippen LogP contribution is 2.42. The second kappa shape index (κ2) is 8.41. The fourth-order valence-corrected chi connectivity index (χ4v) is 9.38. The predicted octanol–water partition coefficient (Wildman–Crippen LogP) is 5.65. The number of methoxy groups -OCH3 is 1. The smallest absolute Gasteiger partial charge is 0.319 e. The molecule has 0 aliphatic heterocycles. The zero-order valence-electron chi connectivity index (χ0n) is 18.5. The van der Waals surface area contributed by atoms with Crippen LogP contribution in [0.5, 0.6) is 5.75 Å². The lowest BCUT2D eigenvalue weighted by molar-refractivity contribution is 0.0878. The molecule has 0 saturated heterocycles. The zero-order chi connectivity index (χ0) is 21.2. The maximum atomic E-state index is 7.31. The first kappa shape index (κ1) is 20.9. The van der Waals surface area contributed by atoms with Gasteiger partial charge in [-0.15, -0.1) is 0 Å². The average molecular weight is 417 g/mol. The van der Waals surface area contributed by atoms with E-state index in [4.69, 9.17) is 9.16 Å². The Hall–Kier alpha value is -2.36. The normalized spacial score (nSPS) is 16.7. The highest BCUT2D eigenvalue weighted by atomic mass is 28.4. The molecular formula is C27H32O2Si. The van der Waals surface area contributed by atoms with E-state index in [0.29, 0.717) is 0 Å². The summed E-state index contributed by atoms with van der Waals surface area (Å²) in [4.78, 5) is 0. The molecule has 0 bridgehead atoms. The molecule has 3 aromatic carbocycles. The van der Waals surface area contributed by atoms with Crippen LogP contribution in [0.3, 0.4) is 0 Å². The van der Waals surface area contributed by atoms with E-state index in [0.717, 1.165) is 25.0 Å². The van der Waals surface area contributed by atoms with Crippen molar-refractivity contribution in [2.75, 3.05) is 7.11 Å². The molecule has 0 N–H and O–H groups in total. The van der Waals surface area contributed by atoms with Crippen LogP contribution < -0.4 is 14.8 Å². The second-order valence-electron chi connectivity index (χ2n) is 9.21. The molecule has 1 aliphatic rings. The summed E-state index contributed by atoms with van der Waals surface area (Å²) in [5.74, 6) is 1.03. The summed E-state index contributed by atoms with van der Waals surface area (Å²) in [6, 6.07) is 28.2. The molecule has 0 amide bonds. The lowest BCUT2D eigenvalue weighted by Gasteiger charge is -2.43. The van der Waals surface area contributed by atoms with Gasteiger partial charge in [0, 0.05) is 7.11 Å². The third-order valence-electron chi connectivity index (χ3n) is 6.37. The molecule has 0 fully saturated rings. The maximum absolute atomic E-state index is 7.31. The molecule has 1 atom stereocenters. The van der Waals surface area contributed by atoms with Crippen LogP contribution in [0.15, 0.2) is 78.9 Å². The van der Waals surface area contributed by atoms with E-state index < -0.39 is 8.32 Å². The van der Waals surface area contributed by atoms with Crippen LogP contribution in [0.25, 0.3) is 0 Å². The molecular weight excluding hydrogens is 384 g/mol. The molecule has 2 nitrogen and oxygen atoms in total. The molecule has 0 radical (unpaired) electrons. The van der Waals surface area contributed by atoms with Gasteiger partial charge in [-0.05, 0) is 51.9 Å². The summed E-state index contributed by atoms with van der Waals surface area (Å²) in [6.45, 7) is 6.98. The Kier molecular flexibility index (Phi) is 5.85. The molecule has 3 heteroatoms. The standard InChI is InChI=1S/C27H32O2Si/c1-27(2,3)30(21-13-7-5-8-14-21,22-15-9-6-10-16-22)29-26-20-12-17-23-24(26)18-11-19-25(23)28-4/h5-10,12-17,20,25H,11,18-19H2,1-4H3. The first-order chi connectivity index (χ1) is 14.5. The van der Waals surface area contributed by atoms with Crippen LogP contribution in [0, 0.1) is 0 Å². The van der Waals surface area contributed by atoms with Gasteiger partial charge in [-0.1, -0.05) is 93.6 Å². The number of benzene rings is 3. The van der Waals surface area contributed by atoms with Crippen molar-refractivity contribution in [3.8, 4) is 5.75 Å². The Morgan fingerprint density at radius 2 is 1.40 bits per heavy atom. The zero-order valence-corrected chi connectivity index (χ0v) is 19.5. The Bertz CT molecular complexity index is 937. The fourth-order valence-electron chi connectivity index (χ4n) is 4.93. The molecule has 0 saturated carbocycles. The van der Waals surface area contributed by atoms with Crippen molar-refractivity contribution in [1.82, 2.24) is 0 Å². The van der Waals surface area contributed by atoms with E-state index in [1.165, 1.54) is 21.5 Å². The summed E-state index contributed by atoms with van der Waals surface area (Å²) >= 11 is 0. The van der Waals surface area contributed by atoms with Gasteiger partial charge < -0.3 is 9.16 Å². The van der Waals surface area contributed by atoms with Gasteiger partial charge in [-0.25, -0.2) is 0 Å². The number of rotatable bonds is 5. The van der Waals surface area contributed by atoms with Gasteiger partial charge in [0.15, 0.2) is 0 Å². The molecule has 1 aliphatic carbocycles. The van der Waals surface area contributed by atoms with Crippen molar-refractivity contribution < 1.29 is 9.16 Å². The van der Waals surface area contributed by atoms with Gasteiger partial charge >= 0.3 is 8.32 Å². The van der Waals surface area contributed by atoms with E-state index >= 15 is 0 Å². The predicted molar refractivity (Wildman–Crippen MR) is 127 cm³/mol. The monoisotopic (exact) mass is 416 g/mol. The van der Waals surface area contributed by atoms with Crippen LogP contribution in [0.2, 0.25) is 5.04 Å². The minimum Gasteiger partial charge on any atom is -0.534 e. The van der Waals surface area contributed by atoms with E-state index in [9.17, 15) is 0 Å². The average Bonchev–Trinajstić information content (AvgIpc) is 2.77. The van der Waals surface area contributed by atoms with Gasteiger partial charge in [-0.3, -0.25) is 0 Å². The van der Waals surface area contributed by atoms with Crippen LogP contribution >= 0.6 is 0 Å². The Balaban J connectivity index is 1.93. The highest BCUT2D eigenvalue weighted by molar-refractivity contribution is 7.00. The lowest BCUT2D eigenvalue weighted by Crippen LogP contribution is -2.69. The number of ether oxygens (including phenoxy) is 1. The van der Waals surface area contributed by atoms with Gasteiger partial charge in [0.1, 0.15) is 5.75 Å². The van der Waals surface area contributed by atoms with Gasteiger partial charge in [0.2, 0.25) is 0 Å². The molecule has 0 heterocycles. The lowest BCUT2D eigenvalue weighted by atomic mass is 9.89. The molecule has 4 rings (SSSR count). The number of hydrogen-bond donors (Lipinski definition) is 0. The molecule has 0 spiro atoms. The van der Waals surface area contributed by atoms with E-state index in [1.54, 1.807) is 0 Å². The van der Waals surface area contributed by atoms with Gasteiger partial charge in [-0.2, -0.15) is 0 Å². The van der Waals surface area contributed by atoms with Crippen molar-refractivity contribution in [2.24, 2.45) is 0 Å². The maximum Gasteiger partial charge on any atom is 0.319 e. The van der Waals surface area contributed by atoms with Gasteiger partial charge in [0.25, 0.3) is 0 Å². The fraction of sp³-hybridized carbons (Fsp3) is 0.333. The molecule has 156 valence electrons. The minimum atomic E-state index is -2.62. The topological polar surface area (TPSA) is 18.5 Å². The second-order valence-corrected chi connectivity index (χ2v) is 13.4. The van der Waals surface area contributed by atoms with E-state index in [1.807, 2.05) is 7.11 Å². The largest absolute Gasteiger partial charge is 0.534 e. The van der Waals surface area contributed by atoms with Crippen molar-refractivity contribution in [1.29, 1.82) is 0 Å². The molecule has 1 unspecified atom stereocenters. The number of hydrogen-bond acceptors (Lipinski definition) is 2. The van der Waals surface area contributed by atoms with Crippen molar-refractivity contribution in [3.63, 3.8) is 0 Å².